The number of hydrogen-bond donors (Lipinski definition) is 1. The van der Waals surface area contributed by atoms with Crippen LogP contribution in [0.4, 0.5) is 4.39 Å². The number of hydrogen-bond acceptors (Lipinski definition) is 6. The van der Waals surface area contributed by atoms with Gasteiger partial charge in [0.05, 0.1) is 11.8 Å². The van der Waals surface area contributed by atoms with E-state index in [2.05, 4.69) is 10.5 Å². The monoisotopic (exact) mass is 498 g/mol. The molecular formula is C29H23FN2O5. The topological polar surface area (TPSA) is 86.2 Å². The first-order valence-electron chi connectivity index (χ1n) is 11.3. The summed E-state index contributed by atoms with van der Waals surface area (Å²) in [7, 11) is 0. The summed E-state index contributed by atoms with van der Waals surface area (Å²) < 4.78 is 30.1. The molecule has 0 heterocycles. The van der Waals surface area contributed by atoms with Crippen LogP contribution in [0.3, 0.4) is 0 Å². The summed E-state index contributed by atoms with van der Waals surface area (Å²) in [6.07, 6.45) is 1.43. The molecule has 1 N–H and O–H groups in total. The van der Waals surface area contributed by atoms with Crippen molar-refractivity contribution in [1.29, 1.82) is 0 Å². The molecule has 37 heavy (non-hydrogen) atoms. The summed E-state index contributed by atoms with van der Waals surface area (Å²) in [4.78, 5) is 24.1. The largest absolute Gasteiger partial charge is 0.489 e. The van der Waals surface area contributed by atoms with Gasteiger partial charge in [0.2, 0.25) is 0 Å². The van der Waals surface area contributed by atoms with E-state index in [9.17, 15) is 14.0 Å². The Kier molecular flexibility index (Phi) is 8.59. The van der Waals surface area contributed by atoms with Crippen LogP contribution in [-0.2, 0) is 11.4 Å². The first-order valence-corrected chi connectivity index (χ1v) is 11.3. The van der Waals surface area contributed by atoms with Gasteiger partial charge in [-0.05, 0) is 71.8 Å². The van der Waals surface area contributed by atoms with E-state index < -0.39 is 17.7 Å². The maximum absolute atomic E-state index is 13.7. The molecular weight excluding hydrogens is 475 g/mol. The van der Waals surface area contributed by atoms with Crippen molar-refractivity contribution in [1.82, 2.24) is 5.43 Å². The smallest absolute Gasteiger partial charge is 0.346 e. The number of hydrazone groups is 1. The van der Waals surface area contributed by atoms with Crippen molar-refractivity contribution < 1.29 is 28.2 Å². The fourth-order valence-corrected chi connectivity index (χ4v) is 3.14. The van der Waals surface area contributed by atoms with Crippen molar-refractivity contribution in [2.24, 2.45) is 5.10 Å². The van der Waals surface area contributed by atoms with Gasteiger partial charge in [0.1, 0.15) is 29.7 Å². The molecule has 0 unspecified atom stereocenters. The van der Waals surface area contributed by atoms with Gasteiger partial charge in [-0.25, -0.2) is 14.6 Å². The molecule has 0 saturated carbocycles. The molecule has 0 aliphatic rings. The molecule has 4 aromatic rings. The fraction of sp³-hybridized carbons (Fsp3) is 0.0690. The van der Waals surface area contributed by atoms with E-state index in [1.807, 2.05) is 30.3 Å². The number of ether oxygens (including phenoxy) is 3. The lowest BCUT2D eigenvalue weighted by Crippen LogP contribution is -2.24. The third kappa shape index (κ3) is 7.76. The number of halogens is 1. The second-order valence-electron chi connectivity index (χ2n) is 7.77. The molecule has 7 nitrogen and oxygen atoms in total. The van der Waals surface area contributed by atoms with Gasteiger partial charge in [0, 0.05) is 0 Å². The van der Waals surface area contributed by atoms with Gasteiger partial charge in [-0.15, -0.1) is 0 Å². The minimum Gasteiger partial charge on any atom is -0.489 e. The van der Waals surface area contributed by atoms with Crippen LogP contribution in [0.25, 0.3) is 0 Å². The number of nitrogens with one attached hydrogen (secondary N) is 1. The van der Waals surface area contributed by atoms with E-state index in [0.29, 0.717) is 23.7 Å². The number of carbonyl (C=O) groups excluding carboxylic acids is 2. The number of rotatable bonds is 10. The molecule has 1 amide bonds. The molecule has 0 fully saturated rings. The van der Waals surface area contributed by atoms with Crippen LogP contribution in [0.1, 0.15) is 21.5 Å². The summed E-state index contributed by atoms with van der Waals surface area (Å²) in [6.45, 7) is 0.246. The first-order chi connectivity index (χ1) is 18.1. The van der Waals surface area contributed by atoms with E-state index in [1.54, 1.807) is 42.5 Å². The van der Waals surface area contributed by atoms with Crippen molar-refractivity contribution in [3.05, 3.63) is 126 Å². The fourth-order valence-electron chi connectivity index (χ4n) is 3.14. The van der Waals surface area contributed by atoms with Crippen molar-refractivity contribution in [3.63, 3.8) is 0 Å². The van der Waals surface area contributed by atoms with Gasteiger partial charge in [-0.1, -0.05) is 42.5 Å². The lowest BCUT2D eigenvalue weighted by Gasteiger charge is -2.08. The van der Waals surface area contributed by atoms with Crippen LogP contribution in [0.15, 0.2) is 108 Å². The molecule has 186 valence electrons. The molecule has 8 heteroatoms. The van der Waals surface area contributed by atoms with Gasteiger partial charge in [-0.3, -0.25) is 4.79 Å². The molecule has 4 aromatic carbocycles. The molecule has 0 aliphatic heterocycles. The van der Waals surface area contributed by atoms with E-state index in [0.717, 1.165) is 5.56 Å². The Morgan fingerprint density at radius 1 is 0.757 bits per heavy atom. The van der Waals surface area contributed by atoms with E-state index in [1.165, 1.54) is 36.5 Å². The first kappa shape index (κ1) is 25.1. The highest BCUT2D eigenvalue weighted by molar-refractivity contribution is 5.91. The van der Waals surface area contributed by atoms with E-state index in [4.69, 9.17) is 14.2 Å². The van der Waals surface area contributed by atoms with Gasteiger partial charge in [0.25, 0.3) is 5.91 Å². The van der Waals surface area contributed by atoms with Gasteiger partial charge in [0.15, 0.2) is 6.61 Å². The molecule has 4 rings (SSSR count). The summed E-state index contributed by atoms with van der Waals surface area (Å²) in [5.74, 6) is -0.414. The number of carbonyl (C=O) groups is 2. The summed E-state index contributed by atoms with van der Waals surface area (Å²) in [6, 6.07) is 28.7. The van der Waals surface area contributed by atoms with Gasteiger partial charge >= 0.3 is 5.97 Å². The maximum atomic E-state index is 13.7. The zero-order valence-corrected chi connectivity index (χ0v) is 19.7. The third-order valence-electron chi connectivity index (χ3n) is 5.03. The van der Waals surface area contributed by atoms with Crippen molar-refractivity contribution in [3.8, 4) is 17.2 Å². The zero-order chi connectivity index (χ0) is 25.9. The number of benzene rings is 4. The molecule has 0 atom stereocenters. The van der Waals surface area contributed by atoms with Gasteiger partial charge < -0.3 is 14.2 Å². The van der Waals surface area contributed by atoms with Crippen LogP contribution in [0.2, 0.25) is 0 Å². The molecule has 0 bridgehead atoms. The lowest BCUT2D eigenvalue weighted by atomic mass is 10.2. The quantitative estimate of drug-likeness (QED) is 0.141. The summed E-state index contributed by atoms with van der Waals surface area (Å²) in [5, 5.41) is 3.89. The number of esters is 1. The average Bonchev–Trinajstić information content (AvgIpc) is 2.93. The van der Waals surface area contributed by atoms with Gasteiger partial charge in [-0.2, -0.15) is 5.10 Å². The Morgan fingerprint density at radius 2 is 1.38 bits per heavy atom. The van der Waals surface area contributed by atoms with Crippen LogP contribution in [0, 0.1) is 5.82 Å². The Hall–Kier alpha value is -4.98. The molecule has 0 radical (unpaired) electrons. The number of amides is 1. The lowest BCUT2D eigenvalue weighted by molar-refractivity contribution is -0.123. The van der Waals surface area contributed by atoms with Crippen LogP contribution >= 0.6 is 0 Å². The second-order valence-corrected chi connectivity index (χ2v) is 7.77. The maximum Gasteiger partial charge on any atom is 0.346 e. The van der Waals surface area contributed by atoms with Crippen molar-refractivity contribution in [2.45, 2.75) is 6.61 Å². The Labute approximate surface area is 213 Å². The second kappa shape index (κ2) is 12.6. The van der Waals surface area contributed by atoms with Crippen LogP contribution < -0.4 is 19.6 Å². The van der Waals surface area contributed by atoms with Crippen molar-refractivity contribution >= 4 is 18.1 Å². The molecule has 0 aliphatic carbocycles. The summed E-state index contributed by atoms with van der Waals surface area (Å²) in [5.41, 5.74) is 3.95. The third-order valence-corrected chi connectivity index (χ3v) is 5.03. The molecule has 0 saturated heterocycles. The predicted molar refractivity (Wildman–Crippen MR) is 136 cm³/mol. The van der Waals surface area contributed by atoms with Crippen LogP contribution in [0.5, 0.6) is 17.2 Å². The Morgan fingerprint density at radius 3 is 2.08 bits per heavy atom. The zero-order valence-electron chi connectivity index (χ0n) is 19.7. The predicted octanol–water partition coefficient (Wildman–Crippen LogP) is 5.15. The van der Waals surface area contributed by atoms with E-state index >= 15 is 0 Å². The Bertz CT molecular complexity index is 1360. The average molecular weight is 499 g/mol. The number of nitrogens with zero attached hydrogens (tertiary/aromatic N) is 1. The van der Waals surface area contributed by atoms with Crippen molar-refractivity contribution in [2.75, 3.05) is 6.61 Å². The van der Waals surface area contributed by atoms with Crippen LogP contribution in [-0.4, -0.2) is 24.7 Å². The minimum atomic E-state index is -0.791. The molecule has 0 spiro atoms. The highest BCUT2D eigenvalue weighted by Gasteiger charge is 2.13. The standard InChI is InChI=1S/C29H23FN2O5/c30-27-9-5-4-8-26(27)29(34)37-25-12-10-21(11-13-25)18-31-32-28(33)20-36-24-16-14-23(15-17-24)35-19-22-6-2-1-3-7-22/h1-18H,19-20H2,(H,32,33)/b31-18+. The molecule has 0 aromatic heterocycles. The summed E-state index contributed by atoms with van der Waals surface area (Å²) >= 11 is 0. The minimum absolute atomic E-state index is 0.148. The van der Waals surface area contributed by atoms with E-state index in [-0.39, 0.29) is 17.9 Å². The normalized spacial score (nSPS) is 10.6. The SMILES string of the molecule is O=C(COc1ccc(OCc2ccccc2)cc1)N/N=C/c1ccc(OC(=O)c2ccccc2F)cc1. The Balaban J connectivity index is 1.18. The highest BCUT2D eigenvalue weighted by Crippen LogP contribution is 2.19. The highest BCUT2D eigenvalue weighted by atomic mass is 19.1.